The van der Waals surface area contributed by atoms with Gasteiger partial charge in [-0.15, -0.1) is 0 Å². The summed E-state index contributed by atoms with van der Waals surface area (Å²) in [6.45, 7) is 12.6. The number of pyridine rings is 1. The average molecular weight is 604 g/mol. The van der Waals surface area contributed by atoms with Crippen molar-refractivity contribution < 1.29 is 32.3 Å². The number of nitrogens with one attached hydrogen (secondary N) is 1. The molecule has 3 rings (SSSR count). The number of aliphatic hydroxyl groups excluding tert-OH is 1. The van der Waals surface area contributed by atoms with Gasteiger partial charge >= 0.3 is 6.18 Å². The zero-order valence-corrected chi connectivity index (χ0v) is 25.3. The Labute approximate surface area is 251 Å². The van der Waals surface area contributed by atoms with E-state index in [4.69, 9.17) is 9.59 Å². The number of aliphatic imine (C=N–C) groups is 1. The number of carbonyl (C=O) groups excluding carboxylic acids is 2. The van der Waals surface area contributed by atoms with Crippen molar-refractivity contribution >= 4 is 19.4 Å². The molecule has 3 aromatic rings. The third-order valence-corrected chi connectivity index (χ3v) is 7.74. The maximum atomic E-state index is 14.5. The number of alkyl halides is 3. The molecule has 0 spiro atoms. The van der Waals surface area contributed by atoms with E-state index in [-0.39, 0.29) is 23.3 Å². The lowest BCUT2D eigenvalue weighted by Gasteiger charge is -2.43. The van der Waals surface area contributed by atoms with Crippen molar-refractivity contribution in [2.75, 3.05) is 13.7 Å². The highest BCUT2D eigenvalue weighted by Gasteiger charge is 2.38. The molecule has 234 valence electrons. The van der Waals surface area contributed by atoms with Gasteiger partial charge in [0.15, 0.2) is 0 Å². The lowest BCUT2D eigenvalue weighted by Crippen LogP contribution is -2.40. The number of benzene rings is 2. The topological polar surface area (TPSA) is 91.7 Å². The molecule has 2 aromatic carbocycles. The van der Waals surface area contributed by atoms with Crippen molar-refractivity contribution in [1.29, 1.82) is 0 Å². The second kappa shape index (κ2) is 16.6. The molecule has 1 heterocycles. The Balaban J connectivity index is 0.00000221. The summed E-state index contributed by atoms with van der Waals surface area (Å²) in [6.07, 6.45) is -1.84. The van der Waals surface area contributed by atoms with Crippen molar-refractivity contribution in [3.63, 3.8) is 0 Å². The summed E-state index contributed by atoms with van der Waals surface area (Å²) >= 11 is 0. The Bertz CT molecular complexity index is 1290. The standard InChI is InChI=1S/C31H37F4N3O.2CH2O/c1-29(2,18-21-10-12-22(13-11-21)26-15-14-23(20-37-26)31(33,34)35)30(3,4)19-28(36-5)38-27(16-17-39)24-8-6-7-9-25(24)32;2*1-2/h6-15,20,27,39H,16-19H2,1-5H3,(H,36,38);2*1H2/t27-;;/m0../s1. The summed E-state index contributed by atoms with van der Waals surface area (Å²) in [5.74, 6) is 0.409. The normalized spacial score (nSPS) is 12.7. The zero-order chi connectivity index (χ0) is 32.8. The molecule has 0 fully saturated rings. The van der Waals surface area contributed by atoms with E-state index in [9.17, 15) is 22.7 Å². The minimum absolute atomic E-state index is 0.0874. The Hall–Kier alpha value is -3.92. The van der Waals surface area contributed by atoms with Gasteiger partial charge in [0.25, 0.3) is 0 Å². The van der Waals surface area contributed by atoms with E-state index in [0.29, 0.717) is 24.1 Å². The van der Waals surface area contributed by atoms with Crippen LogP contribution in [0.2, 0.25) is 0 Å². The molecule has 1 aromatic heterocycles. The first-order valence-electron chi connectivity index (χ1n) is 13.6. The molecule has 0 unspecified atom stereocenters. The molecule has 0 bridgehead atoms. The first kappa shape index (κ1) is 37.1. The van der Waals surface area contributed by atoms with Crippen LogP contribution in [0.15, 0.2) is 71.9 Å². The molecular weight excluding hydrogens is 562 g/mol. The Morgan fingerprint density at radius 2 is 1.53 bits per heavy atom. The van der Waals surface area contributed by atoms with Crippen molar-refractivity contribution in [1.82, 2.24) is 10.3 Å². The van der Waals surface area contributed by atoms with Crippen LogP contribution in [0.1, 0.15) is 63.3 Å². The van der Waals surface area contributed by atoms with Crippen LogP contribution in [0.3, 0.4) is 0 Å². The van der Waals surface area contributed by atoms with Gasteiger partial charge < -0.3 is 20.0 Å². The maximum absolute atomic E-state index is 14.5. The predicted molar refractivity (Wildman–Crippen MR) is 162 cm³/mol. The van der Waals surface area contributed by atoms with Crippen molar-refractivity contribution in [2.24, 2.45) is 15.8 Å². The fourth-order valence-corrected chi connectivity index (χ4v) is 4.52. The first-order valence-corrected chi connectivity index (χ1v) is 13.6. The highest BCUT2D eigenvalue weighted by molar-refractivity contribution is 5.83. The second-order valence-corrected chi connectivity index (χ2v) is 11.1. The van der Waals surface area contributed by atoms with Crippen molar-refractivity contribution in [3.05, 3.63) is 89.4 Å². The van der Waals surface area contributed by atoms with E-state index in [1.807, 2.05) is 37.8 Å². The number of amidine groups is 1. The van der Waals surface area contributed by atoms with Gasteiger partial charge in [0, 0.05) is 37.4 Å². The van der Waals surface area contributed by atoms with Crippen molar-refractivity contribution in [3.8, 4) is 11.3 Å². The quantitative estimate of drug-likeness (QED) is 0.145. The number of halogens is 4. The van der Waals surface area contributed by atoms with Gasteiger partial charge in [-0.3, -0.25) is 9.98 Å². The lowest BCUT2D eigenvalue weighted by molar-refractivity contribution is -0.137. The van der Waals surface area contributed by atoms with Crippen LogP contribution in [0.5, 0.6) is 0 Å². The van der Waals surface area contributed by atoms with E-state index >= 15 is 0 Å². The smallest absolute Gasteiger partial charge is 0.396 e. The number of hydrogen-bond acceptors (Lipinski definition) is 5. The Morgan fingerprint density at radius 3 is 2.02 bits per heavy atom. The van der Waals surface area contributed by atoms with E-state index < -0.39 is 17.8 Å². The third-order valence-electron chi connectivity index (χ3n) is 7.74. The highest BCUT2D eigenvalue weighted by atomic mass is 19.4. The van der Waals surface area contributed by atoms with Crippen LogP contribution >= 0.6 is 0 Å². The van der Waals surface area contributed by atoms with Gasteiger partial charge in [-0.2, -0.15) is 13.2 Å². The molecule has 0 amide bonds. The molecular formula is C33H41F4N3O3. The molecule has 0 aliphatic heterocycles. The van der Waals surface area contributed by atoms with Gasteiger partial charge in [0.1, 0.15) is 19.4 Å². The van der Waals surface area contributed by atoms with Crippen LogP contribution in [-0.2, 0) is 22.2 Å². The molecule has 0 aliphatic carbocycles. The van der Waals surface area contributed by atoms with Gasteiger partial charge in [-0.05, 0) is 47.4 Å². The molecule has 0 saturated carbocycles. The molecule has 0 radical (unpaired) electrons. The van der Waals surface area contributed by atoms with Gasteiger partial charge in [-0.1, -0.05) is 70.2 Å². The number of hydrogen-bond donors (Lipinski definition) is 2. The minimum Gasteiger partial charge on any atom is -0.396 e. The van der Waals surface area contributed by atoms with Crippen molar-refractivity contribution in [2.45, 2.75) is 59.2 Å². The van der Waals surface area contributed by atoms with Gasteiger partial charge in [-0.25, -0.2) is 4.39 Å². The van der Waals surface area contributed by atoms with E-state index in [2.05, 4.69) is 43.0 Å². The number of aromatic nitrogens is 1. The molecule has 43 heavy (non-hydrogen) atoms. The minimum atomic E-state index is -4.41. The molecule has 0 saturated heterocycles. The van der Waals surface area contributed by atoms with E-state index in [1.165, 1.54) is 12.1 Å². The fourth-order valence-electron chi connectivity index (χ4n) is 4.52. The summed E-state index contributed by atoms with van der Waals surface area (Å²) in [7, 11) is 1.71. The second-order valence-electron chi connectivity index (χ2n) is 11.1. The monoisotopic (exact) mass is 603 g/mol. The van der Waals surface area contributed by atoms with E-state index in [0.717, 1.165) is 35.6 Å². The largest absolute Gasteiger partial charge is 0.417 e. The molecule has 2 N–H and O–H groups in total. The number of aliphatic hydroxyl groups is 1. The number of rotatable bonds is 10. The van der Waals surface area contributed by atoms with Gasteiger partial charge in [0.2, 0.25) is 0 Å². The van der Waals surface area contributed by atoms with Crippen LogP contribution in [0.25, 0.3) is 11.3 Å². The SMILES string of the molecule is C=O.C=O.CN=C(CC(C)(C)C(C)(C)Cc1ccc(-c2ccc(C(F)(F)F)cn2)cc1)N[C@@H](CCO)c1ccccc1F. The molecule has 0 aliphatic rings. The number of carbonyl (C=O) groups is 2. The van der Waals surface area contributed by atoms with Crippen LogP contribution in [0.4, 0.5) is 17.6 Å². The predicted octanol–water partition coefficient (Wildman–Crippen LogP) is 7.26. The summed E-state index contributed by atoms with van der Waals surface area (Å²) in [5, 5.41) is 13.0. The Morgan fingerprint density at radius 1 is 0.930 bits per heavy atom. The van der Waals surface area contributed by atoms with Crippen LogP contribution in [0, 0.1) is 16.6 Å². The maximum Gasteiger partial charge on any atom is 0.417 e. The van der Waals surface area contributed by atoms with Crippen LogP contribution in [-0.4, -0.2) is 43.2 Å². The molecule has 6 nitrogen and oxygen atoms in total. The van der Waals surface area contributed by atoms with E-state index in [1.54, 1.807) is 25.2 Å². The Kier molecular flexibility index (Phi) is 14.4. The fraction of sp³-hybridized carbons (Fsp3) is 0.394. The first-order chi connectivity index (χ1) is 20.3. The summed E-state index contributed by atoms with van der Waals surface area (Å²) in [6, 6.07) is 16.3. The summed E-state index contributed by atoms with van der Waals surface area (Å²) in [4.78, 5) is 24.4. The number of nitrogens with zero attached hydrogens (tertiary/aromatic N) is 2. The molecule has 10 heteroatoms. The summed E-state index contributed by atoms with van der Waals surface area (Å²) < 4.78 is 53.0. The highest BCUT2D eigenvalue weighted by Crippen LogP contribution is 2.44. The third kappa shape index (κ3) is 10.4. The average Bonchev–Trinajstić information content (AvgIpc) is 2.98. The zero-order valence-electron chi connectivity index (χ0n) is 25.3. The lowest BCUT2D eigenvalue weighted by atomic mass is 9.63. The van der Waals surface area contributed by atoms with Crippen LogP contribution < -0.4 is 5.32 Å². The summed E-state index contributed by atoms with van der Waals surface area (Å²) in [5.41, 5.74) is 1.65. The van der Waals surface area contributed by atoms with Gasteiger partial charge in [0.05, 0.1) is 23.1 Å². The molecule has 1 atom stereocenters.